The topological polar surface area (TPSA) is 80.3 Å². The molecule has 1 N–H and O–H groups in total. The van der Waals surface area contributed by atoms with Gasteiger partial charge in [0.25, 0.3) is 0 Å². The molecule has 0 atom stereocenters. The maximum Gasteiger partial charge on any atom is 0.201 e. The van der Waals surface area contributed by atoms with Crippen LogP contribution in [0.5, 0.6) is 0 Å². The molecule has 0 spiro atoms. The van der Waals surface area contributed by atoms with Crippen molar-refractivity contribution in [1.29, 1.82) is 0 Å². The largest absolute Gasteiger partial charge is 0.229 e. The molecule has 0 aliphatic carbocycles. The highest BCUT2D eigenvalue weighted by Crippen LogP contribution is 2.11. The molecular weight excluding hydrogens is 202 g/mol. The molecule has 0 saturated carbocycles. The summed E-state index contributed by atoms with van der Waals surface area (Å²) in [6, 6.07) is -0.186. The quantitative estimate of drug-likeness (QED) is 0.558. The fourth-order valence-electron chi connectivity index (χ4n) is 1.17. The maximum atomic E-state index is 10.9. The van der Waals surface area contributed by atoms with Crippen LogP contribution in [0.2, 0.25) is 0 Å². The zero-order chi connectivity index (χ0) is 9.19. The highest BCUT2D eigenvalue weighted by Gasteiger charge is 2.23. The Hall–Kier alpha value is -0.140. The number of hydrogen-bond acceptors (Lipinski definition) is 4. The van der Waals surface area contributed by atoms with Gasteiger partial charge < -0.3 is 0 Å². The predicted octanol–water partition coefficient (Wildman–Crippen LogP) is -1.32. The summed E-state index contributed by atoms with van der Waals surface area (Å²) in [5.41, 5.74) is 0. The van der Waals surface area contributed by atoms with Crippen LogP contribution in [-0.4, -0.2) is 34.4 Å². The molecule has 0 amide bonds. The van der Waals surface area contributed by atoms with E-state index >= 15 is 0 Å². The summed E-state index contributed by atoms with van der Waals surface area (Å²) in [4.78, 5) is 0. The van der Waals surface area contributed by atoms with Gasteiger partial charge in [0.05, 0.1) is 11.5 Å². The van der Waals surface area contributed by atoms with Crippen molar-refractivity contribution in [2.24, 2.45) is 0 Å². The molecule has 0 aromatic carbocycles. The second kappa shape index (κ2) is 3.71. The zero-order valence-electron chi connectivity index (χ0n) is 6.39. The van der Waals surface area contributed by atoms with E-state index < -0.39 is 20.7 Å². The molecule has 0 radical (unpaired) electrons. The summed E-state index contributed by atoms with van der Waals surface area (Å²) in [5, 5.41) is 0. The highest BCUT2D eigenvalue weighted by molar-refractivity contribution is 7.91. The Balaban J connectivity index is 2.46. The lowest BCUT2D eigenvalue weighted by Crippen LogP contribution is -2.36. The van der Waals surface area contributed by atoms with Crippen molar-refractivity contribution >= 4 is 20.7 Å². The van der Waals surface area contributed by atoms with Crippen LogP contribution in [-0.2, 0) is 20.7 Å². The van der Waals surface area contributed by atoms with Crippen LogP contribution < -0.4 is 4.72 Å². The molecular formula is C5H11NO4S2. The molecule has 5 nitrogen and oxygen atoms in total. The number of nitrogens with one attached hydrogen (secondary N) is 1. The van der Waals surface area contributed by atoms with E-state index in [-0.39, 0.29) is 17.5 Å². The Labute approximate surface area is 73.2 Å². The fraction of sp³-hybridized carbons (Fsp3) is 1.00. The molecule has 1 aliphatic heterocycles. The Morgan fingerprint density at radius 1 is 1.17 bits per heavy atom. The minimum atomic E-state index is -2.89. The smallest absolute Gasteiger partial charge is 0.201 e. The maximum absolute atomic E-state index is 10.9. The van der Waals surface area contributed by atoms with E-state index in [1.807, 2.05) is 0 Å². The van der Waals surface area contributed by atoms with E-state index in [4.69, 9.17) is 0 Å². The average Bonchev–Trinajstić information content (AvgIpc) is 1.93. The van der Waals surface area contributed by atoms with E-state index in [1.165, 1.54) is 0 Å². The van der Waals surface area contributed by atoms with E-state index in [0.29, 0.717) is 12.8 Å². The zero-order valence-corrected chi connectivity index (χ0v) is 8.11. The summed E-state index contributed by atoms with van der Waals surface area (Å²) < 4.78 is 44.5. The molecule has 12 heavy (non-hydrogen) atoms. The lowest BCUT2D eigenvalue weighted by molar-refractivity contribution is 0.513. The summed E-state index contributed by atoms with van der Waals surface area (Å²) in [5.74, 6) is 0.182. The molecule has 7 heteroatoms. The summed E-state index contributed by atoms with van der Waals surface area (Å²) in [6.07, 6.45) is 0.789. The fourth-order valence-corrected chi connectivity index (χ4v) is 3.22. The molecule has 0 aromatic heterocycles. The Morgan fingerprint density at radius 2 is 1.67 bits per heavy atom. The second-order valence-electron chi connectivity index (χ2n) is 2.81. The molecule has 1 fully saturated rings. The van der Waals surface area contributed by atoms with Crippen LogP contribution in [0.25, 0.3) is 0 Å². The normalized spacial score (nSPS) is 24.4. The predicted molar refractivity (Wildman–Crippen MR) is 45.1 cm³/mol. The van der Waals surface area contributed by atoms with Crippen LogP contribution in [0.3, 0.4) is 0 Å². The monoisotopic (exact) mass is 213 g/mol. The molecule has 1 heterocycles. The van der Waals surface area contributed by atoms with Gasteiger partial charge in [-0.2, -0.15) is 0 Å². The molecule has 0 unspecified atom stereocenters. The van der Waals surface area contributed by atoms with E-state index in [2.05, 4.69) is 4.72 Å². The van der Waals surface area contributed by atoms with Crippen molar-refractivity contribution in [1.82, 2.24) is 4.72 Å². The van der Waals surface area contributed by atoms with Gasteiger partial charge in [-0.3, -0.25) is 0 Å². The summed E-state index contributed by atoms with van der Waals surface area (Å²) in [7, 11) is -5.49. The number of sulfone groups is 1. The third-order valence-corrected chi connectivity index (χ3v) is 4.13. The van der Waals surface area contributed by atoms with E-state index in [9.17, 15) is 16.8 Å². The first-order valence-electron chi connectivity index (χ1n) is 3.60. The second-order valence-corrected chi connectivity index (χ2v) is 5.89. The molecule has 1 aliphatic rings. The third-order valence-electron chi connectivity index (χ3n) is 1.84. The van der Waals surface area contributed by atoms with Crippen molar-refractivity contribution < 1.29 is 16.8 Å². The highest BCUT2D eigenvalue weighted by atomic mass is 32.2. The van der Waals surface area contributed by atoms with Crippen molar-refractivity contribution in [3.63, 3.8) is 0 Å². The molecule has 1 saturated heterocycles. The van der Waals surface area contributed by atoms with Gasteiger partial charge in [-0.1, -0.05) is 0 Å². The third kappa shape index (κ3) is 3.08. The van der Waals surface area contributed by atoms with Crippen LogP contribution in [0.4, 0.5) is 0 Å². The number of thiol groups is 1. The lowest BCUT2D eigenvalue weighted by atomic mass is 10.2. The number of hydrogen-bond donors (Lipinski definition) is 2. The molecule has 0 aromatic rings. The standard InChI is InChI=1S/C5H11NO4S2/c7-11(8)6-5-1-3-12(9,10)4-2-5/h5,11H,1-4H2,(H,6,7,8). The Bertz CT molecular complexity index is 296. The Kier molecular flexibility index (Phi) is 3.08. The van der Waals surface area contributed by atoms with Crippen LogP contribution in [0, 0.1) is 0 Å². The van der Waals surface area contributed by atoms with Gasteiger partial charge in [-0.05, 0) is 12.8 Å². The SMILES string of the molecule is O=[SH](=O)NC1CCS(=O)(=O)CC1. The van der Waals surface area contributed by atoms with Gasteiger partial charge in [0, 0.05) is 6.04 Å². The van der Waals surface area contributed by atoms with Gasteiger partial charge in [0.2, 0.25) is 10.9 Å². The molecule has 1 rings (SSSR count). The number of rotatable bonds is 2. The van der Waals surface area contributed by atoms with Crippen LogP contribution in [0.1, 0.15) is 12.8 Å². The van der Waals surface area contributed by atoms with Gasteiger partial charge in [0.1, 0.15) is 9.84 Å². The summed E-state index contributed by atoms with van der Waals surface area (Å²) >= 11 is 0. The van der Waals surface area contributed by atoms with Gasteiger partial charge in [-0.25, -0.2) is 21.6 Å². The first-order chi connectivity index (χ1) is 5.49. The minimum absolute atomic E-state index is 0.0911. The van der Waals surface area contributed by atoms with Crippen LogP contribution in [0.15, 0.2) is 0 Å². The first kappa shape index (κ1) is 9.94. The van der Waals surface area contributed by atoms with E-state index in [0.717, 1.165) is 0 Å². The van der Waals surface area contributed by atoms with Crippen molar-refractivity contribution in [3.05, 3.63) is 0 Å². The Morgan fingerprint density at radius 3 is 2.08 bits per heavy atom. The molecule has 72 valence electrons. The minimum Gasteiger partial charge on any atom is -0.229 e. The van der Waals surface area contributed by atoms with Crippen molar-refractivity contribution in [3.8, 4) is 0 Å². The van der Waals surface area contributed by atoms with Crippen molar-refractivity contribution in [2.45, 2.75) is 18.9 Å². The van der Waals surface area contributed by atoms with E-state index in [1.54, 1.807) is 0 Å². The van der Waals surface area contributed by atoms with Crippen LogP contribution >= 0.6 is 0 Å². The van der Waals surface area contributed by atoms with Gasteiger partial charge in [0.15, 0.2) is 0 Å². The molecule has 0 bridgehead atoms. The average molecular weight is 213 g/mol. The van der Waals surface area contributed by atoms with Gasteiger partial charge >= 0.3 is 0 Å². The van der Waals surface area contributed by atoms with Crippen molar-refractivity contribution in [2.75, 3.05) is 11.5 Å². The lowest BCUT2D eigenvalue weighted by Gasteiger charge is -2.19. The first-order valence-corrected chi connectivity index (χ1v) is 6.60. The van der Waals surface area contributed by atoms with Gasteiger partial charge in [-0.15, -0.1) is 0 Å². The summed E-state index contributed by atoms with van der Waals surface area (Å²) in [6.45, 7) is 0.